The predicted molar refractivity (Wildman–Crippen MR) is 111 cm³/mol. The lowest BCUT2D eigenvalue weighted by molar-refractivity contribution is 0.0997. The molecular formula is C19H19Cl3N4O2. The van der Waals surface area contributed by atoms with Crippen LogP contribution in [-0.2, 0) is 11.2 Å². The first-order valence-corrected chi connectivity index (χ1v) is 10.1. The van der Waals surface area contributed by atoms with Gasteiger partial charge in [-0.1, -0.05) is 34.8 Å². The molecule has 0 radical (unpaired) electrons. The molecule has 28 heavy (non-hydrogen) atoms. The van der Waals surface area contributed by atoms with Crippen molar-refractivity contribution in [1.29, 1.82) is 0 Å². The van der Waals surface area contributed by atoms with E-state index in [1.165, 1.54) is 0 Å². The molecule has 0 spiro atoms. The summed E-state index contributed by atoms with van der Waals surface area (Å²) >= 11 is 17.0. The molecule has 1 amide bonds. The molecule has 0 bridgehead atoms. The molecule has 2 N–H and O–H groups in total. The molecule has 6 nitrogen and oxygen atoms in total. The summed E-state index contributed by atoms with van der Waals surface area (Å²) in [4.78, 5) is 24.9. The molecule has 1 fully saturated rings. The standard InChI is InChI=1S/C19H19Cl3N4O2/c20-19(21,22)11-28-18(27)26-7-1-2-14(26)8-13-10-25-16-4-3-12(9-15(13)16)17-23-5-6-24-17/h3-6,9-10,14,25H,1-2,7-8,11H2,(H,23,24)/t14-/m1/s1. The number of benzene rings is 1. The highest BCUT2D eigenvalue weighted by Crippen LogP contribution is 2.30. The number of alkyl halides is 3. The Balaban J connectivity index is 1.52. The third-order valence-corrected chi connectivity index (χ3v) is 5.29. The van der Waals surface area contributed by atoms with Crippen LogP contribution in [0.3, 0.4) is 0 Å². The van der Waals surface area contributed by atoms with Crippen LogP contribution in [0.4, 0.5) is 4.79 Å². The van der Waals surface area contributed by atoms with Gasteiger partial charge in [0.15, 0.2) is 0 Å². The number of fused-ring (bicyclic) bond motifs is 1. The number of halogens is 3. The van der Waals surface area contributed by atoms with Gasteiger partial charge in [-0.25, -0.2) is 9.78 Å². The van der Waals surface area contributed by atoms with E-state index in [1.54, 1.807) is 17.3 Å². The van der Waals surface area contributed by atoms with Crippen LogP contribution in [-0.4, -0.2) is 48.9 Å². The van der Waals surface area contributed by atoms with Crippen molar-refractivity contribution in [1.82, 2.24) is 19.9 Å². The number of hydrogen-bond donors (Lipinski definition) is 2. The van der Waals surface area contributed by atoms with E-state index in [1.807, 2.05) is 18.3 Å². The summed E-state index contributed by atoms with van der Waals surface area (Å²) in [5.41, 5.74) is 3.21. The Labute approximate surface area is 177 Å². The number of nitrogens with one attached hydrogen (secondary N) is 2. The molecule has 1 aliphatic rings. The number of carbonyl (C=O) groups excluding carboxylic acids is 1. The van der Waals surface area contributed by atoms with Gasteiger partial charge < -0.3 is 19.6 Å². The number of likely N-dealkylation sites (tertiary alicyclic amines) is 1. The number of ether oxygens (including phenoxy) is 1. The normalized spacial score (nSPS) is 17.4. The Hall–Kier alpha value is -1.89. The van der Waals surface area contributed by atoms with Gasteiger partial charge in [-0.3, -0.25) is 0 Å². The van der Waals surface area contributed by atoms with Gasteiger partial charge in [0.05, 0.1) is 0 Å². The fourth-order valence-corrected chi connectivity index (χ4v) is 3.85. The Morgan fingerprint density at radius 1 is 1.32 bits per heavy atom. The van der Waals surface area contributed by atoms with Crippen molar-refractivity contribution in [2.24, 2.45) is 0 Å². The number of aromatic nitrogens is 3. The van der Waals surface area contributed by atoms with Crippen molar-refractivity contribution in [3.05, 3.63) is 42.4 Å². The molecule has 2 aromatic heterocycles. The van der Waals surface area contributed by atoms with E-state index in [0.29, 0.717) is 6.54 Å². The largest absolute Gasteiger partial charge is 0.445 e. The highest BCUT2D eigenvalue weighted by Gasteiger charge is 2.32. The van der Waals surface area contributed by atoms with E-state index < -0.39 is 9.89 Å². The Morgan fingerprint density at radius 2 is 2.18 bits per heavy atom. The van der Waals surface area contributed by atoms with Gasteiger partial charge in [0.2, 0.25) is 3.79 Å². The van der Waals surface area contributed by atoms with Crippen LogP contribution < -0.4 is 0 Å². The van der Waals surface area contributed by atoms with Crippen LogP contribution in [0.5, 0.6) is 0 Å². The second-order valence-corrected chi connectivity index (χ2v) is 9.39. The molecule has 1 aliphatic heterocycles. The van der Waals surface area contributed by atoms with Crippen molar-refractivity contribution >= 4 is 51.8 Å². The van der Waals surface area contributed by atoms with Crippen LogP contribution >= 0.6 is 34.8 Å². The summed E-state index contributed by atoms with van der Waals surface area (Å²) in [7, 11) is 0. The molecule has 0 aliphatic carbocycles. The van der Waals surface area contributed by atoms with Crippen molar-refractivity contribution in [2.75, 3.05) is 13.2 Å². The van der Waals surface area contributed by atoms with E-state index in [-0.39, 0.29) is 12.6 Å². The molecule has 0 saturated carbocycles. The molecule has 4 rings (SSSR count). The van der Waals surface area contributed by atoms with Crippen LogP contribution in [0, 0.1) is 0 Å². The molecule has 1 atom stereocenters. The summed E-state index contributed by atoms with van der Waals surface area (Å²) in [5, 5.41) is 1.12. The van der Waals surface area contributed by atoms with Crippen molar-refractivity contribution in [2.45, 2.75) is 29.1 Å². The van der Waals surface area contributed by atoms with Gasteiger partial charge in [-0.15, -0.1) is 0 Å². The predicted octanol–water partition coefficient (Wildman–Crippen LogP) is 5.07. The number of H-pyrrole nitrogens is 2. The molecule has 148 valence electrons. The first-order valence-electron chi connectivity index (χ1n) is 9.00. The lowest BCUT2D eigenvalue weighted by Crippen LogP contribution is -2.38. The first-order chi connectivity index (χ1) is 13.4. The number of hydrogen-bond acceptors (Lipinski definition) is 3. The molecule has 1 aromatic carbocycles. The minimum atomic E-state index is -1.61. The zero-order chi connectivity index (χ0) is 19.7. The van der Waals surface area contributed by atoms with E-state index in [4.69, 9.17) is 39.5 Å². The van der Waals surface area contributed by atoms with Gasteiger partial charge in [0.1, 0.15) is 12.4 Å². The summed E-state index contributed by atoms with van der Waals surface area (Å²) in [6.07, 6.45) is 7.66. The zero-order valence-electron chi connectivity index (χ0n) is 14.9. The molecule has 3 aromatic rings. The zero-order valence-corrected chi connectivity index (χ0v) is 17.2. The van der Waals surface area contributed by atoms with Crippen LogP contribution in [0.1, 0.15) is 18.4 Å². The lowest BCUT2D eigenvalue weighted by atomic mass is 10.0. The van der Waals surface area contributed by atoms with Crippen LogP contribution in [0.15, 0.2) is 36.8 Å². The third kappa shape index (κ3) is 4.24. The topological polar surface area (TPSA) is 74.0 Å². The summed E-state index contributed by atoms with van der Waals surface area (Å²) in [6.45, 7) is 0.378. The average molecular weight is 442 g/mol. The van der Waals surface area contributed by atoms with Gasteiger partial charge in [0.25, 0.3) is 0 Å². The lowest BCUT2D eigenvalue weighted by Gasteiger charge is -2.25. The molecule has 3 heterocycles. The van der Waals surface area contributed by atoms with Crippen LogP contribution in [0.2, 0.25) is 0 Å². The van der Waals surface area contributed by atoms with E-state index in [2.05, 4.69) is 21.0 Å². The number of rotatable bonds is 4. The Kier molecular flexibility index (Phi) is 5.45. The maximum absolute atomic E-state index is 12.4. The van der Waals surface area contributed by atoms with Gasteiger partial charge >= 0.3 is 6.09 Å². The van der Waals surface area contributed by atoms with E-state index in [9.17, 15) is 4.79 Å². The minimum absolute atomic E-state index is 0.0501. The molecule has 1 saturated heterocycles. The van der Waals surface area contributed by atoms with Crippen molar-refractivity contribution in [3.63, 3.8) is 0 Å². The smallest absolute Gasteiger partial charge is 0.410 e. The van der Waals surface area contributed by atoms with Gasteiger partial charge in [0, 0.05) is 47.6 Å². The quantitative estimate of drug-likeness (QED) is 0.555. The maximum Gasteiger partial charge on any atom is 0.410 e. The van der Waals surface area contributed by atoms with Crippen LogP contribution in [0.25, 0.3) is 22.3 Å². The van der Waals surface area contributed by atoms with Gasteiger partial charge in [-0.05, 0) is 43.0 Å². The van der Waals surface area contributed by atoms with E-state index in [0.717, 1.165) is 47.1 Å². The number of imidazole rings is 1. The van der Waals surface area contributed by atoms with Crippen molar-refractivity contribution < 1.29 is 9.53 Å². The molecular weight excluding hydrogens is 423 g/mol. The van der Waals surface area contributed by atoms with Crippen molar-refractivity contribution in [3.8, 4) is 11.4 Å². The van der Waals surface area contributed by atoms with E-state index >= 15 is 0 Å². The summed E-state index contributed by atoms with van der Waals surface area (Å²) in [5.74, 6) is 0.826. The highest BCUT2D eigenvalue weighted by molar-refractivity contribution is 6.67. The van der Waals surface area contributed by atoms with Gasteiger partial charge in [-0.2, -0.15) is 0 Å². The molecule has 9 heteroatoms. The molecule has 0 unspecified atom stereocenters. The minimum Gasteiger partial charge on any atom is -0.445 e. The third-order valence-electron chi connectivity index (χ3n) is 4.97. The number of carbonyl (C=O) groups is 1. The maximum atomic E-state index is 12.4. The summed E-state index contributed by atoms with van der Waals surface area (Å²) in [6, 6.07) is 6.23. The summed E-state index contributed by atoms with van der Waals surface area (Å²) < 4.78 is 3.56. The Bertz CT molecular complexity index is 965. The number of nitrogens with zero attached hydrogens (tertiary/aromatic N) is 2. The SMILES string of the molecule is O=C(OCC(Cl)(Cl)Cl)N1CCC[C@@H]1Cc1c[nH]c2ccc(-c3ncc[nH]3)cc12. The average Bonchev–Trinajstić information content (AvgIpc) is 3.40. The highest BCUT2D eigenvalue weighted by atomic mass is 35.6. The number of aromatic amines is 2. The second kappa shape index (κ2) is 7.85. The Morgan fingerprint density at radius 3 is 2.93 bits per heavy atom. The first kappa shape index (κ1) is 19.4. The number of amides is 1. The monoisotopic (exact) mass is 440 g/mol. The second-order valence-electron chi connectivity index (χ2n) is 6.88. The fourth-order valence-electron chi connectivity index (χ4n) is 3.69. The fraction of sp³-hybridized carbons (Fsp3) is 0.368.